The van der Waals surface area contributed by atoms with Crippen LogP contribution in [-0.4, -0.2) is 27.8 Å². The first-order chi connectivity index (χ1) is 13.8. The van der Waals surface area contributed by atoms with E-state index >= 15 is 0 Å². The molecule has 0 aliphatic rings. The van der Waals surface area contributed by atoms with Crippen LogP contribution in [0.2, 0.25) is 0 Å². The molecular weight excluding hydrogens is 372 g/mol. The molecule has 0 spiro atoms. The van der Waals surface area contributed by atoms with Gasteiger partial charge >= 0.3 is 0 Å². The number of rotatable bonds is 7. The van der Waals surface area contributed by atoms with Crippen LogP contribution in [0.4, 0.5) is 8.78 Å². The number of benzene rings is 2. The van der Waals surface area contributed by atoms with Crippen molar-refractivity contribution in [3.8, 4) is 11.3 Å². The summed E-state index contributed by atoms with van der Waals surface area (Å²) >= 11 is 0. The number of hydrogen-bond acceptors (Lipinski definition) is 3. The molecule has 0 bridgehead atoms. The maximum absolute atomic E-state index is 13.9. The standard InChI is InChI=1S/C23H27F2N3O/c1-15(2)12-27(13-16(3)4)14-28-23(29)19-8-6-5-7-18(19)22(26-28)17-9-10-20(24)21(25)11-17/h5-11,15-16H,12-14H2,1-4H3. The van der Waals surface area contributed by atoms with Crippen molar-refractivity contribution in [2.24, 2.45) is 11.8 Å². The Hall–Kier alpha value is -2.60. The van der Waals surface area contributed by atoms with Gasteiger partial charge in [-0.15, -0.1) is 0 Å². The zero-order valence-electron chi connectivity index (χ0n) is 17.3. The first-order valence-electron chi connectivity index (χ1n) is 9.94. The van der Waals surface area contributed by atoms with Crippen molar-refractivity contribution in [3.63, 3.8) is 0 Å². The minimum Gasteiger partial charge on any atom is -0.284 e. The number of aromatic nitrogens is 2. The number of fused-ring (bicyclic) bond motifs is 1. The Morgan fingerprint density at radius 2 is 1.55 bits per heavy atom. The Morgan fingerprint density at radius 3 is 2.14 bits per heavy atom. The largest absolute Gasteiger partial charge is 0.284 e. The predicted octanol–water partition coefficient (Wildman–Crippen LogP) is 4.91. The Morgan fingerprint density at radius 1 is 0.931 bits per heavy atom. The second-order valence-electron chi connectivity index (χ2n) is 8.29. The van der Waals surface area contributed by atoms with E-state index in [0.717, 1.165) is 25.2 Å². The molecule has 29 heavy (non-hydrogen) atoms. The normalized spacial score (nSPS) is 11.9. The molecule has 0 unspecified atom stereocenters. The lowest BCUT2D eigenvalue weighted by Crippen LogP contribution is -2.38. The molecule has 3 aromatic rings. The Bertz CT molecular complexity index is 1050. The highest BCUT2D eigenvalue weighted by atomic mass is 19.2. The molecule has 0 aliphatic heterocycles. The summed E-state index contributed by atoms with van der Waals surface area (Å²) in [5.41, 5.74) is 0.714. The average molecular weight is 399 g/mol. The monoisotopic (exact) mass is 399 g/mol. The molecule has 0 aliphatic carbocycles. The minimum atomic E-state index is -0.938. The van der Waals surface area contributed by atoms with Gasteiger partial charge in [-0.05, 0) is 36.1 Å². The maximum Gasteiger partial charge on any atom is 0.275 e. The Labute approximate surface area is 169 Å². The van der Waals surface area contributed by atoms with Gasteiger partial charge in [0.05, 0.1) is 17.7 Å². The molecule has 154 valence electrons. The van der Waals surface area contributed by atoms with Crippen LogP contribution in [0, 0.1) is 23.5 Å². The maximum atomic E-state index is 13.9. The summed E-state index contributed by atoms with van der Waals surface area (Å²) in [7, 11) is 0. The van der Waals surface area contributed by atoms with E-state index in [2.05, 4.69) is 37.7 Å². The van der Waals surface area contributed by atoms with Crippen molar-refractivity contribution < 1.29 is 8.78 Å². The molecule has 3 rings (SSSR count). The van der Waals surface area contributed by atoms with Crippen LogP contribution in [-0.2, 0) is 6.67 Å². The van der Waals surface area contributed by atoms with Gasteiger partial charge in [0, 0.05) is 24.0 Å². The van der Waals surface area contributed by atoms with E-state index in [9.17, 15) is 13.6 Å². The van der Waals surface area contributed by atoms with Gasteiger partial charge in [0.25, 0.3) is 5.56 Å². The quantitative estimate of drug-likeness (QED) is 0.566. The van der Waals surface area contributed by atoms with Crippen LogP contribution in [0.15, 0.2) is 47.3 Å². The zero-order valence-corrected chi connectivity index (χ0v) is 17.3. The Balaban J connectivity index is 2.14. The third kappa shape index (κ3) is 4.88. The third-order valence-corrected chi connectivity index (χ3v) is 4.64. The van der Waals surface area contributed by atoms with Crippen LogP contribution in [0.25, 0.3) is 22.0 Å². The lowest BCUT2D eigenvalue weighted by molar-refractivity contribution is 0.163. The molecule has 0 saturated heterocycles. The SMILES string of the molecule is CC(C)CN(CC(C)C)Cn1nc(-c2ccc(F)c(F)c2)c2ccccc2c1=O. The molecule has 4 nitrogen and oxygen atoms in total. The summed E-state index contributed by atoms with van der Waals surface area (Å²) < 4.78 is 28.7. The zero-order chi connectivity index (χ0) is 21.1. The number of nitrogens with zero attached hydrogens (tertiary/aromatic N) is 3. The topological polar surface area (TPSA) is 38.1 Å². The smallest absolute Gasteiger partial charge is 0.275 e. The average Bonchev–Trinajstić information content (AvgIpc) is 2.65. The van der Waals surface area contributed by atoms with Crippen molar-refractivity contribution in [1.82, 2.24) is 14.7 Å². The molecule has 0 radical (unpaired) electrons. The second kappa shape index (κ2) is 8.82. The van der Waals surface area contributed by atoms with Gasteiger partial charge in [0.2, 0.25) is 0 Å². The molecule has 0 fully saturated rings. The van der Waals surface area contributed by atoms with Gasteiger partial charge in [0.1, 0.15) is 0 Å². The van der Waals surface area contributed by atoms with Gasteiger partial charge in [-0.1, -0.05) is 45.9 Å². The Kier molecular flexibility index (Phi) is 6.42. The highest BCUT2D eigenvalue weighted by Gasteiger charge is 2.17. The third-order valence-electron chi connectivity index (χ3n) is 4.64. The molecule has 0 atom stereocenters. The lowest BCUT2D eigenvalue weighted by Gasteiger charge is -2.26. The summed E-state index contributed by atoms with van der Waals surface area (Å²) in [4.78, 5) is 15.3. The highest BCUT2D eigenvalue weighted by molar-refractivity contribution is 5.93. The van der Waals surface area contributed by atoms with Crippen molar-refractivity contribution in [2.45, 2.75) is 34.4 Å². The number of halogens is 2. The van der Waals surface area contributed by atoms with Gasteiger partial charge in [-0.3, -0.25) is 9.69 Å². The van der Waals surface area contributed by atoms with E-state index < -0.39 is 11.6 Å². The van der Waals surface area contributed by atoms with Crippen molar-refractivity contribution in [3.05, 3.63) is 64.5 Å². The van der Waals surface area contributed by atoms with E-state index in [1.807, 2.05) is 0 Å². The van der Waals surface area contributed by atoms with E-state index in [-0.39, 0.29) is 5.56 Å². The molecule has 0 N–H and O–H groups in total. The van der Waals surface area contributed by atoms with E-state index in [0.29, 0.717) is 40.5 Å². The minimum absolute atomic E-state index is 0.190. The molecule has 2 aromatic carbocycles. The van der Waals surface area contributed by atoms with Crippen LogP contribution < -0.4 is 5.56 Å². The number of hydrogen-bond donors (Lipinski definition) is 0. The summed E-state index contributed by atoms with van der Waals surface area (Å²) in [6.45, 7) is 10.6. The fourth-order valence-electron chi connectivity index (χ4n) is 3.60. The van der Waals surface area contributed by atoms with E-state index in [1.54, 1.807) is 24.3 Å². The van der Waals surface area contributed by atoms with E-state index in [1.165, 1.54) is 10.7 Å². The molecular formula is C23H27F2N3O. The molecule has 1 heterocycles. The second-order valence-corrected chi connectivity index (χ2v) is 8.29. The summed E-state index contributed by atoms with van der Waals surface area (Å²) in [5, 5.41) is 5.70. The van der Waals surface area contributed by atoms with Crippen molar-refractivity contribution in [2.75, 3.05) is 13.1 Å². The van der Waals surface area contributed by atoms with Gasteiger partial charge in [-0.2, -0.15) is 5.10 Å². The van der Waals surface area contributed by atoms with Gasteiger partial charge in [0.15, 0.2) is 11.6 Å². The van der Waals surface area contributed by atoms with Gasteiger partial charge in [-0.25, -0.2) is 13.5 Å². The summed E-state index contributed by atoms with van der Waals surface area (Å²) in [5.74, 6) is -0.968. The van der Waals surface area contributed by atoms with Crippen molar-refractivity contribution in [1.29, 1.82) is 0 Å². The lowest BCUT2D eigenvalue weighted by atomic mass is 10.0. The first kappa shape index (κ1) is 21.1. The molecule has 1 aromatic heterocycles. The van der Waals surface area contributed by atoms with Crippen LogP contribution in [0.1, 0.15) is 27.7 Å². The first-order valence-corrected chi connectivity index (χ1v) is 9.94. The fraction of sp³-hybridized carbons (Fsp3) is 0.391. The molecule has 6 heteroatoms. The summed E-state index contributed by atoms with van der Waals surface area (Å²) in [6, 6.07) is 10.8. The molecule has 0 amide bonds. The van der Waals surface area contributed by atoms with Crippen LogP contribution in [0.5, 0.6) is 0 Å². The van der Waals surface area contributed by atoms with Crippen LogP contribution >= 0.6 is 0 Å². The predicted molar refractivity (Wildman–Crippen MR) is 113 cm³/mol. The summed E-state index contributed by atoms with van der Waals surface area (Å²) in [6.07, 6.45) is 0. The molecule has 0 saturated carbocycles. The van der Waals surface area contributed by atoms with Crippen LogP contribution in [0.3, 0.4) is 0 Å². The highest BCUT2D eigenvalue weighted by Crippen LogP contribution is 2.26. The van der Waals surface area contributed by atoms with Crippen molar-refractivity contribution >= 4 is 10.8 Å². The fourth-order valence-corrected chi connectivity index (χ4v) is 3.60. The van der Waals surface area contributed by atoms with E-state index in [4.69, 9.17) is 0 Å². The van der Waals surface area contributed by atoms with Gasteiger partial charge < -0.3 is 0 Å².